The van der Waals surface area contributed by atoms with Crippen LogP contribution in [0, 0.1) is 0 Å². The molecule has 1 unspecified atom stereocenters. The van der Waals surface area contributed by atoms with Gasteiger partial charge in [-0.1, -0.05) is 239 Å². The molecule has 3 N–H and O–H groups in total. The molecule has 0 radical (unpaired) electrons. The van der Waals surface area contributed by atoms with Gasteiger partial charge in [-0.2, -0.15) is 0 Å². The van der Waals surface area contributed by atoms with Crippen molar-refractivity contribution in [3.63, 3.8) is 0 Å². The first kappa shape index (κ1) is 57.0. The van der Waals surface area contributed by atoms with Gasteiger partial charge in [0, 0.05) is 19.4 Å². The van der Waals surface area contributed by atoms with Gasteiger partial charge in [0.1, 0.15) is 6.61 Å². The van der Waals surface area contributed by atoms with Crippen molar-refractivity contribution in [1.82, 2.24) is 0 Å². The molecular weight excluding hydrogens is 750 g/mol. The number of phosphoric ester groups is 1. The maximum absolute atomic E-state index is 12.2. The third-order valence-corrected chi connectivity index (χ3v) is 12.2. The first-order valence-electron chi connectivity index (χ1n) is 25.0. The van der Waals surface area contributed by atoms with Crippen molar-refractivity contribution in [3.05, 3.63) is 0 Å². The summed E-state index contributed by atoms with van der Waals surface area (Å²) in [7, 11) is -4.34. The van der Waals surface area contributed by atoms with Gasteiger partial charge in [-0.25, -0.2) is 4.57 Å². The third kappa shape index (κ3) is 44.6. The number of hydrogen-bond donors (Lipinski definition) is 2. The number of phosphoric acid groups is 1. The van der Waals surface area contributed by atoms with E-state index in [1.54, 1.807) is 0 Å². The summed E-state index contributed by atoms with van der Waals surface area (Å²) in [6.45, 7) is 3.36. The highest BCUT2D eigenvalue weighted by atomic mass is 31.2. The van der Waals surface area contributed by atoms with Crippen LogP contribution in [-0.4, -0.2) is 49.3 Å². The SMILES string of the molecule is CCCCCCCCCCCCCCCCCCCCCCCCCCCCCCCCCCCCCCC(=O)OC[C@H](COP(=O)(O)OCCN)OC(=O)CCC. The van der Waals surface area contributed by atoms with Crippen LogP contribution in [0.2, 0.25) is 0 Å². The Balaban J connectivity index is 3.43. The smallest absolute Gasteiger partial charge is 0.462 e. The Labute approximate surface area is 358 Å². The van der Waals surface area contributed by atoms with Crippen LogP contribution in [0.4, 0.5) is 0 Å². The van der Waals surface area contributed by atoms with E-state index in [1.165, 1.54) is 212 Å². The summed E-state index contributed by atoms with van der Waals surface area (Å²) < 4.78 is 32.0. The molecule has 0 aromatic carbocycles. The molecule has 0 aromatic heterocycles. The quantitative estimate of drug-likeness (QED) is 0.0349. The summed E-state index contributed by atoms with van der Waals surface area (Å²) in [4.78, 5) is 33.9. The minimum Gasteiger partial charge on any atom is -0.462 e. The van der Waals surface area contributed by atoms with Gasteiger partial charge in [0.15, 0.2) is 6.10 Å². The van der Waals surface area contributed by atoms with Crippen LogP contribution < -0.4 is 5.73 Å². The van der Waals surface area contributed by atoms with Crippen LogP contribution in [0.3, 0.4) is 0 Å². The van der Waals surface area contributed by atoms with E-state index < -0.39 is 26.5 Å². The van der Waals surface area contributed by atoms with Gasteiger partial charge in [-0.3, -0.25) is 18.6 Å². The zero-order valence-electron chi connectivity index (χ0n) is 38.3. The summed E-state index contributed by atoms with van der Waals surface area (Å²) >= 11 is 0. The monoisotopic (exact) mass is 846 g/mol. The molecule has 0 aliphatic carbocycles. The van der Waals surface area contributed by atoms with Gasteiger partial charge in [0.05, 0.1) is 13.2 Å². The Morgan fingerprint density at radius 2 is 0.776 bits per heavy atom. The van der Waals surface area contributed by atoms with Crippen molar-refractivity contribution >= 4 is 19.8 Å². The topological polar surface area (TPSA) is 134 Å². The summed E-state index contributed by atoms with van der Waals surface area (Å²) in [6.07, 6.45) is 49.6. The third-order valence-electron chi connectivity index (χ3n) is 11.2. The van der Waals surface area contributed by atoms with Crippen molar-refractivity contribution in [2.24, 2.45) is 5.73 Å². The van der Waals surface area contributed by atoms with Gasteiger partial charge >= 0.3 is 19.8 Å². The lowest BCUT2D eigenvalue weighted by molar-refractivity contribution is -0.161. The average molecular weight is 846 g/mol. The van der Waals surface area contributed by atoms with E-state index in [0.29, 0.717) is 6.42 Å². The Hall–Kier alpha value is -0.990. The Morgan fingerprint density at radius 1 is 0.448 bits per heavy atom. The summed E-state index contributed by atoms with van der Waals surface area (Å²) in [5.41, 5.74) is 5.28. The molecule has 0 aliphatic heterocycles. The molecule has 10 heteroatoms. The van der Waals surface area contributed by atoms with E-state index in [9.17, 15) is 19.0 Å². The molecular formula is C48H96NO8P. The number of ether oxygens (including phenoxy) is 2. The highest BCUT2D eigenvalue weighted by Crippen LogP contribution is 2.43. The van der Waals surface area contributed by atoms with E-state index in [4.69, 9.17) is 24.3 Å². The number of hydrogen-bond acceptors (Lipinski definition) is 8. The molecule has 9 nitrogen and oxygen atoms in total. The van der Waals surface area contributed by atoms with Crippen LogP contribution in [0.5, 0.6) is 0 Å². The zero-order valence-corrected chi connectivity index (χ0v) is 39.2. The molecule has 0 aliphatic rings. The van der Waals surface area contributed by atoms with Crippen molar-refractivity contribution in [3.8, 4) is 0 Å². The maximum atomic E-state index is 12.2. The standard InChI is InChI=1S/C48H96NO8P/c1-3-5-6-7-8-9-10-11-12-13-14-15-16-17-18-19-20-21-22-23-24-25-26-27-28-29-30-31-32-33-34-35-36-37-38-39-41-47(50)54-44-46(57-48(51)40-4-2)45-56-58(52,53)55-43-42-49/h46H,3-45,49H2,1-2H3,(H,52,53)/t46-/m1/s1. The van der Waals surface area contributed by atoms with E-state index in [1.807, 2.05) is 6.92 Å². The second-order valence-corrected chi connectivity index (χ2v) is 18.5. The molecule has 346 valence electrons. The fraction of sp³-hybridized carbons (Fsp3) is 0.958. The second-order valence-electron chi connectivity index (χ2n) is 17.1. The highest BCUT2D eigenvalue weighted by molar-refractivity contribution is 7.47. The second kappa shape index (κ2) is 45.5. The van der Waals surface area contributed by atoms with Crippen LogP contribution in [0.25, 0.3) is 0 Å². The van der Waals surface area contributed by atoms with E-state index in [2.05, 4.69) is 6.92 Å². The number of carbonyl (C=O) groups excluding carboxylic acids is 2. The molecule has 0 aromatic rings. The highest BCUT2D eigenvalue weighted by Gasteiger charge is 2.25. The normalized spacial score (nSPS) is 13.1. The number of esters is 2. The van der Waals surface area contributed by atoms with Crippen molar-refractivity contribution < 1.29 is 37.6 Å². The summed E-state index contributed by atoms with van der Waals surface area (Å²) in [6, 6.07) is 0. The molecule has 0 rings (SSSR count). The summed E-state index contributed by atoms with van der Waals surface area (Å²) in [5.74, 6) is -0.876. The van der Waals surface area contributed by atoms with E-state index in [-0.39, 0.29) is 38.6 Å². The zero-order chi connectivity index (χ0) is 42.5. The lowest BCUT2D eigenvalue weighted by Gasteiger charge is -2.19. The Kier molecular flexibility index (Phi) is 44.8. The number of unbranched alkanes of at least 4 members (excludes halogenated alkanes) is 35. The van der Waals surface area contributed by atoms with Gasteiger partial charge in [-0.05, 0) is 12.8 Å². The lowest BCUT2D eigenvalue weighted by Crippen LogP contribution is -2.29. The fourth-order valence-corrected chi connectivity index (χ4v) is 8.32. The van der Waals surface area contributed by atoms with Gasteiger partial charge in [0.2, 0.25) is 0 Å². The van der Waals surface area contributed by atoms with Gasteiger partial charge in [-0.15, -0.1) is 0 Å². The van der Waals surface area contributed by atoms with E-state index in [0.717, 1.165) is 19.3 Å². The lowest BCUT2D eigenvalue weighted by atomic mass is 10.0. The molecule has 0 amide bonds. The first-order valence-corrected chi connectivity index (χ1v) is 26.5. The molecule has 0 spiro atoms. The maximum Gasteiger partial charge on any atom is 0.472 e. The van der Waals surface area contributed by atoms with Crippen LogP contribution in [-0.2, 0) is 32.7 Å². The summed E-state index contributed by atoms with van der Waals surface area (Å²) in [5, 5.41) is 0. The molecule has 0 heterocycles. The molecule has 0 saturated carbocycles. The molecule has 2 atom stereocenters. The first-order chi connectivity index (χ1) is 28.3. The minimum absolute atomic E-state index is 0.0558. The molecule has 58 heavy (non-hydrogen) atoms. The largest absolute Gasteiger partial charge is 0.472 e. The number of nitrogens with two attached hydrogens (primary N) is 1. The van der Waals surface area contributed by atoms with Crippen LogP contribution in [0.15, 0.2) is 0 Å². The predicted octanol–water partition coefficient (Wildman–Crippen LogP) is 14.8. The average Bonchev–Trinajstić information content (AvgIpc) is 3.21. The molecule has 0 fully saturated rings. The van der Waals surface area contributed by atoms with Crippen molar-refractivity contribution in [2.75, 3.05) is 26.4 Å². The van der Waals surface area contributed by atoms with Crippen molar-refractivity contribution in [1.29, 1.82) is 0 Å². The van der Waals surface area contributed by atoms with Crippen molar-refractivity contribution in [2.45, 2.75) is 270 Å². The van der Waals surface area contributed by atoms with Gasteiger partial charge < -0.3 is 20.1 Å². The Morgan fingerprint density at radius 3 is 1.09 bits per heavy atom. The fourth-order valence-electron chi connectivity index (χ4n) is 7.56. The van der Waals surface area contributed by atoms with E-state index >= 15 is 0 Å². The molecule has 0 bridgehead atoms. The Bertz CT molecular complexity index is 922. The van der Waals surface area contributed by atoms with Crippen LogP contribution in [0.1, 0.15) is 264 Å². The number of carbonyl (C=O) groups is 2. The number of rotatable bonds is 48. The van der Waals surface area contributed by atoms with Gasteiger partial charge in [0.25, 0.3) is 0 Å². The minimum atomic E-state index is -4.34. The molecule has 0 saturated heterocycles. The predicted molar refractivity (Wildman–Crippen MR) is 243 cm³/mol. The van der Waals surface area contributed by atoms with Crippen LogP contribution >= 0.6 is 7.82 Å².